The van der Waals surface area contributed by atoms with Gasteiger partial charge >= 0.3 is 0 Å². The second kappa shape index (κ2) is 8.76. The van der Waals surface area contributed by atoms with Crippen molar-refractivity contribution in [2.45, 2.75) is 26.4 Å². The van der Waals surface area contributed by atoms with Gasteiger partial charge in [0.15, 0.2) is 0 Å². The molecule has 0 radical (unpaired) electrons. The Morgan fingerprint density at radius 1 is 1.08 bits per heavy atom. The summed E-state index contributed by atoms with van der Waals surface area (Å²) in [4.78, 5) is 8.49. The Morgan fingerprint density at radius 2 is 1.85 bits per heavy atom. The first-order valence-electron chi connectivity index (χ1n) is 8.55. The molecule has 0 aliphatic carbocycles. The number of hydrazone groups is 1. The van der Waals surface area contributed by atoms with E-state index in [4.69, 9.17) is 10.6 Å². The van der Waals surface area contributed by atoms with Crippen LogP contribution in [-0.4, -0.2) is 15.7 Å². The van der Waals surface area contributed by atoms with E-state index in [2.05, 4.69) is 21.1 Å². The van der Waals surface area contributed by atoms with Crippen LogP contribution in [0.15, 0.2) is 72.2 Å². The molecule has 0 atom stereocenters. The predicted molar refractivity (Wildman–Crippen MR) is 103 cm³/mol. The second-order valence-electron chi connectivity index (χ2n) is 6.05. The van der Waals surface area contributed by atoms with Crippen molar-refractivity contribution in [2.24, 2.45) is 10.9 Å². The zero-order valence-electron chi connectivity index (χ0n) is 14.8. The van der Waals surface area contributed by atoms with E-state index in [0.717, 1.165) is 40.8 Å². The van der Waals surface area contributed by atoms with Crippen molar-refractivity contribution in [1.82, 2.24) is 9.97 Å². The Hall–Kier alpha value is -3.21. The van der Waals surface area contributed by atoms with Gasteiger partial charge in [-0.3, -0.25) is 4.98 Å². The van der Waals surface area contributed by atoms with E-state index in [1.807, 2.05) is 55.6 Å². The van der Waals surface area contributed by atoms with Crippen LogP contribution in [0.25, 0.3) is 0 Å². The smallest absolute Gasteiger partial charge is 0.216 e. The summed E-state index contributed by atoms with van der Waals surface area (Å²) >= 11 is 0. The van der Waals surface area contributed by atoms with Crippen molar-refractivity contribution >= 4 is 5.71 Å². The van der Waals surface area contributed by atoms with E-state index in [1.54, 1.807) is 12.4 Å². The number of aromatic nitrogens is 2. The number of hydrogen-bond acceptors (Lipinski definition) is 5. The van der Waals surface area contributed by atoms with Crippen molar-refractivity contribution in [1.29, 1.82) is 0 Å². The predicted octanol–water partition coefficient (Wildman–Crippen LogP) is 3.66. The van der Waals surface area contributed by atoms with Gasteiger partial charge in [-0.25, -0.2) is 4.98 Å². The molecule has 1 aromatic carbocycles. The molecule has 0 fully saturated rings. The number of rotatable bonds is 7. The zero-order chi connectivity index (χ0) is 18.2. The van der Waals surface area contributed by atoms with Gasteiger partial charge in [-0.15, -0.1) is 0 Å². The van der Waals surface area contributed by atoms with Crippen LogP contribution in [0.1, 0.15) is 28.7 Å². The lowest BCUT2D eigenvalue weighted by molar-refractivity contribution is 0.291. The highest BCUT2D eigenvalue weighted by atomic mass is 16.5. The van der Waals surface area contributed by atoms with Crippen LogP contribution in [0.2, 0.25) is 0 Å². The van der Waals surface area contributed by atoms with Gasteiger partial charge in [-0.1, -0.05) is 30.3 Å². The van der Waals surface area contributed by atoms with Gasteiger partial charge in [0.1, 0.15) is 6.61 Å². The number of hydrogen-bond donors (Lipinski definition) is 1. The monoisotopic (exact) mass is 346 g/mol. The fraction of sp³-hybridized carbons (Fsp3) is 0.190. The van der Waals surface area contributed by atoms with Gasteiger partial charge in [0, 0.05) is 29.7 Å². The Bertz CT molecular complexity index is 864. The van der Waals surface area contributed by atoms with E-state index in [-0.39, 0.29) is 0 Å². The van der Waals surface area contributed by atoms with Crippen molar-refractivity contribution in [2.75, 3.05) is 0 Å². The molecule has 3 rings (SSSR count). The molecule has 2 aromatic heterocycles. The molecule has 0 aliphatic heterocycles. The first kappa shape index (κ1) is 17.6. The summed E-state index contributed by atoms with van der Waals surface area (Å²) in [6, 6.07) is 16.0. The zero-order valence-corrected chi connectivity index (χ0v) is 14.8. The SMILES string of the molecule is Cc1cc(CC/C(=N\N)c2ccncc2)cnc1OCc1ccccc1. The topological polar surface area (TPSA) is 73.4 Å². The highest BCUT2D eigenvalue weighted by molar-refractivity contribution is 6.00. The summed E-state index contributed by atoms with van der Waals surface area (Å²) in [6.07, 6.45) is 6.89. The lowest BCUT2D eigenvalue weighted by Gasteiger charge is -2.10. The minimum Gasteiger partial charge on any atom is -0.473 e. The highest BCUT2D eigenvalue weighted by Crippen LogP contribution is 2.18. The quantitative estimate of drug-likeness (QED) is 0.402. The Balaban J connectivity index is 1.60. The van der Waals surface area contributed by atoms with Crippen LogP contribution < -0.4 is 10.6 Å². The second-order valence-corrected chi connectivity index (χ2v) is 6.05. The van der Waals surface area contributed by atoms with Crippen molar-refractivity contribution in [3.8, 4) is 5.88 Å². The summed E-state index contributed by atoms with van der Waals surface area (Å²) in [7, 11) is 0. The average molecular weight is 346 g/mol. The lowest BCUT2D eigenvalue weighted by Crippen LogP contribution is -2.07. The molecule has 3 aromatic rings. The summed E-state index contributed by atoms with van der Waals surface area (Å²) in [5, 5.41) is 3.92. The van der Waals surface area contributed by atoms with E-state index < -0.39 is 0 Å². The average Bonchev–Trinajstić information content (AvgIpc) is 2.69. The number of nitrogens with two attached hydrogens (primary N) is 1. The van der Waals surface area contributed by atoms with Crippen LogP contribution in [0.3, 0.4) is 0 Å². The molecule has 5 nitrogen and oxygen atoms in total. The lowest BCUT2D eigenvalue weighted by atomic mass is 10.0. The minimum absolute atomic E-state index is 0.514. The summed E-state index contributed by atoms with van der Waals surface area (Å²) in [5.74, 6) is 6.22. The molecular weight excluding hydrogens is 324 g/mol. The molecular formula is C21H22N4O. The fourth-order valence-electron chi connectivity index (χ4n) is 2.72. The number of benzene rings is 1. The third-order valence-corrected chi connectivity index (χ3v) is 4.13. The van der Waals surface area contributed by atoms with Gasteiger partial charge in [-0.2, -0.15) is 5.10 Å². The van der Waals surface area contributed by atoms with E-state index in [0.29, 0.717) is 12.5 Å². The molecule has 0 saturated heterocycles. The number of aryl methyl sites for hydroxylation is 2. The van der Waals surface area contributed by atoms with Crippen LogP contribution >= 0.6 is 0 Å². The van der Waals surface area contributed by atoms with Crippen molar-refractivity contribution in [3.63, 3.8) is 0 Å². The number of ether oxygens (including phenoxy) is 1. The maximum atomic E-state index is 5.83. The molecule has 0 bridgehead atoms. The molecule has 0 unspecified atom stereocenters. The first-order valence-corrected chi connectivity index (χ1v) is 8.55. The van der Waals surface area contributed by atoms with Gasteiger partial charge in [0.25, 0.3) is 0 Å². The van der Waals surface area contributed by atoms with E-state index in [1.165, 1.54) is 0 Å². The molecule has 26 heavy (non-hydrogen) atoms. The molecule has 0 spiro atoms. The van der Waals surface area contributed by atoms with Crippen molar-refractivity contribution in [3.05, 3.63) is 89.4 Å². The first-order chi connectivity index (χ1) is 12.8. The van der Waals surface area contributed by atoms with E-state index in [9.17, 15) is 0 Å². The van der Waals surface area contributed by atoms with Gasteiger partial charge in [0.2, 0.25) is 5.88 Å². The standard InChI is InChI=1S/C21H22N4O/c1-16-13-18(7-8-20(25-22)19-9-11-23-12-10-19)14-24-21(16)26-15-17-5-3-2-4-6-17/h2-6,9-14H,7-8,15,22H2,1H3/b25-20+. The molecule has 2 heterocycles. The highest BCUT2D eigenvalue weighted by Gasteiger charge is 2.07. The number of pyridine rings is 2. The van der Waals surface area contributed by atoms with Crippen LogP contribution in [0.5, 0.6) is 5.88 Å². The van der Waals surface area contributed by atoms with Crippen LogP contribution in [-0.2, 0) is 13.0 Å². The van der Waals surface area contributed by atoms with Gasteiger partial charge < -0.3 is 10.6 Å². The summed E-state index contributed by atoms with van der Waals surface area (Å²) in [5.41, 5.74) is 5.13. The van der Waals surface area contributed by atoms with Crippen molar-refractivity contribution < 1.29 is 4.74 Å². The third-order valence-electron chi connectivity index (χ3n) is 4.13. The molecule has 5 heteroatoms. The Kier molecular flexibility index (Phi) is 5.93. The molecule has 0 amide bonds. The van der Waals surface area contributed by atoms with Gasteiger partial charge in [0.05, 0.1) is 5.71 Å². The van der Waals surface area contributed by atoms with Crippen LogP contribution in [0, 0.1) is 6.92 Å². The fourth-order valence-corrected chi connectivity index (χ4v) is 2.72. The minimum atomic E-state index is 0.514. The Morgan fingerprint density at radius 3 is 2.54 bits per heavy atom. The maximum Gasteiger partial charge on any atom is 0.216 e. The molecule has 0 aliphatic rings. The summed E-state index contributed by atoms with van der Waals surface area (Å²) in [6.45, 7) is 2.53. The maximum absolute atomic E-state index is 5.83. The Labute approximate surface area is 153 Å². The van der Waals surface area contributed by atoms with E-state index >= 15 is 0 Å². The van der Waals surface area contributed by atoms with Gasteiger partial charge in [-0.05, 0) is 49.1 Å². The normalized spacial score (nSPS) is 11.3. The van der Waals surface area contributed by atoms with Crippen LogP contribution in [0.4, 0.5) is 0 Å². The molecule has 2 N–H and O–H groups in total. The molecule has 132 valence electrons. The third kappa shape index (κ3) is 4.66. The largest absolute Gasteiger partial charge is 0.473 e. The molecule has 0 saturated carbocycles. The number of nitrogens with zero attached hydrogens (tertiary/aromatic N) is 3. The summed E-state index contributed by atoms with van der Waals surface area (Å²) < 4.78 is 5.83.